The van der Waals surface area contributed by atoms with Crippen molar-refractivity contribution in [2.75, 3.05) is 13.2 Å². The Bertz CT molecular complexity index is 87.1. The highest BCUT2D eigenvalue weighted by Crippen LogP contribution is 1.82. The second-order valence-corrected chi connectivity index (χ2v) is 1.64. The Balaban J connectivity index is 3.00. The molecule has 0 bridgehead atoms. The van der Waals surface area contributed by atoms with E-state index in [0.717, 1.165) is 5.70 Å². The fourth-order valence-electron chi connectivity index (χ4n) is 0.297. The van der Waals surface area contributed by atoms with E-state index in [0.29, 0.717) is 13.2 Å². The first-order valence-electron chi connectivity index (χ1n) is 2.94. The Hall–Kier alpha value is -0.540. The monoisotopic (exact) mass is 131 g/mol. The highest BCUT2D eigenvalue weighted by Gasteiger charge is 1.80. The molecule has 3 heteroatoms. The Morgan fingerprint density at radius 1 is 1.56 bits per heavy atom. The van der Waals surface area contributed by atoms with E-state index in [9.17, 15) is 0 Å². The summed E-state index contributed by atoms with van der Waals surface area (Å²) < 4.78 is 0. The summed E-state index contributed by atoms with van der Waals surface area (Å²) in [5.74, 6) is 0. The summed E-state index contributed by atoms with van der Waals surface area (Å²) in [5, 5.41) is 0. The number of hydrogen-bond donors (Lipinski definition) is 1. The molecule has 0 radical (unpaired) electrons. The molecule has 0 spiro atoms. The fraction of sp³-hybridized carbons (Fsp3) is 0.667. The maximum absolute atomic E-state index is 5.30. The van der Waals surface area contributed by atoms with Crippen LogP contribution in [0.15, 0.2) is 11.8 Å². The Morgan fingerprint density at radius 3 is 2.67 bits per heavy atom. The Labute approximate surface area is 55.4 Å². The minimum atomic E-state index is 0.427. The summed E-state index contributed by atoms with van der Waals surface area (Å²) in [6.45, 7) is 4.65. The van der Waals surface area contributed by atoms with E-state index in [2.05, 4.69) is 9.78 Å². The van der Waals surface area contributed by atoms with Crippen LogP contribution in [0.4, 0.5) is 0 Å². The summed E-state index contributed by atoms with van der Waals surface area (Å²) in [4.78, 5) is 9.22. The molecule has 0 atom stereocenters. The van der Waals surface area contributed by atoms with Crippen LogP contribution < -0.4 is 5.73 Å². The molecule has 0 aromatic heterocycles. The number of rotatable bonds is 4. The van der Waals surface area contributed by atoms with Crippen LogP contribution in [0.25, 0.3) is 0 Å². The van der Waals surface area contributed by atoms with Crippen molar-refractivity contribution in [1.82, 2.24) is 0 Å². The average molecular weight is 131 g/mol. The highest BCUT2D eigenvalue weighted by atomic mass is 17.2. The summed E-state index contributed by atoms with van der Waals surface area (Å²) in [6, 6.07) is 0. The minimum absolute atomic E-state index is 0.427. The van der Waals surface area contributed by atoms with E-state index in [4.69, 9.17) is 5.73 Å². The van der Waals surface area contributed by atoms with E-state index in [1.807, 2.05) is 6.92 Å². The van der Waals surface area contributed by atoms with Gasteiger partial charge in [0.1, 0.15) is 6.61 Å². The van der Waals surface area contributed by atoms with Crippen LogP contribution in [-0.2, 0) is 9.78 Å². The lowest BCUT2D eigenvalue weighted by Gasteiger charge is -1.95. The van der Waals surface area contributed by atoms with E-state index in [1.54, 1.807) is 13.0 Å². The average Bonchev–Trinajstić information content (AvgIpc) is 1.80. The van der Waals surface area contributed by atoms with Gasteiger partial charge < -0.3 is 5.73 Å². The zero-order valence-corrected chi connectivity index (χ0v) is 5.89. The standard InChI is InChI=1S/C6H13NO2/c1-3-8-9-5-4-6(2)7/h4H,3,5,7H2,1-2H3/b6-4+. The fourth-order valence-corrected chi connectivity index (χ4v) is 0.297. The quantitative estimate of drug-likeness (QED) is 0.349. The summed E-state index contributed by atoms with van der Waals surface area (Å²) in [5.41, 5.74) is 6.05. The normalized spacial score (nSPS) is 12.0. The summed E-state index contributed by atoms with van der Waals surface area (Å²) in [6.07, 6.45) is 1.75. The highest BCUT2D eigenvalue weighted by molar-refractivity contribution is 4.90. The maximum Gasteiger partial charge on any atom is 0.102 e. The number of hydrogen-bond acceptors (Lipinski definition) is 3. The van der Waals surface area contributed by atoms with E-state index >= 15 is 0 Å². The second kappa shape index (κ2) is 5.59. The van der Waals surface area contributed by atoms with Crippen LogP contribution in [0.2, 0.25) is 0 Å². The molecule has 0 fully saturated rings. The third kappa shape index (κ3) is 7.46. The molecule has 54 valence electrons. The molecule has 2 N–H and O–H groups in total. The first-order valence-corrected chi connectivity index (χ1v) is 2.94. The molecule has 0 aliphatic carbocycles. The molecule has 0 amide bonds. The molecule has 0 rings (SSSR count). The molecule has 9 heavy (non-hydrogen) atoms. The van der Waals surface area contributed by atoms with Crippen LogP contribution >= 0.6 is 0 Å². The first-order chi connectivity index (χ1) is 4.27. The van der Waals surface area contributed by atoms with Gasteiger partial charge in [-0.15, -0.1) is 0 Å². The van der Waals surface area contributed by atoms with Crippen LogP contribution in [0.1, 0.15) is 13.8 Å². The van der Waals surface area contributed by atoms with Crippen molar-refractivity contribution in [3.8, 4) is 0 Å². The lowest BCUT2D eigenvalue weighted by atomic mass is 10.5. The lowest BCUT2D eigenvalue weighted by molar-refractivity contribution is -0.282. The van der Waals surface area contributed by atoms with E-state index in [1.165, 1.54) is 0 Å². The first kappa shape index (κ1) is 8.46. The van der Waals surface area contributed by atoms with Crippen molar-refractivity contribution in [1.29, 1.82) is 0 Å². The SMILES string of the molecule is CCOOC/C=C(\C)N. The van der Waals surface area contributed by atoms with Crippen molar-refractivity contribution in [3.05, 3.63) is 11.8 Å². The van der Waals surface area contributed by atoms with Gasteiger partial charge in [-0.1, -0.05) is 0 Å². The predicted octanol–water partition coefficient (Wildman–Crippen LogP) is 0.817. The van der Waals surface area contributed by atoms with Crippen molar-refractivity contribution in [2.24, 2.45) is 5.73 Å². The molecule has 0 aliphatic heterocycles. The molecule has 0 aliphatic rings. The van der Waals surface area contributed by atoms with Crippen LogP contribution in [0.3, 0.4) is 0 Å². The van der Waals surface area contributed by atoms with Gasteiger partial charge in [0.05, 0.1) is 6.61 Å². The van der Waals surface area contributed by atoms with E-state index in [-0.39, 0.29) is 0 Å². The van der Waals surface area contributed by atoms with Crippen molar-refractivity contribution in [3.63, 3.8) is 0 Å². The topological polar surface area (TPSA) is 44.5 Å². The van der Waals surface area contributed by atoms with Gasteiger partial charge in [-0.25, -0.2) is 9.78 Å². The Kier molecular flexibility index (Phi) is 5.26. The van der Waals surface area contributed by atoms with Gasteiger partial charge in [0, 0.05) is 5.70 Å². The second-order valence-electron chi connectivity index (χ2n) is 1.64. The molecule has 3 nitrogen and oxygen atoms in total. The third-order valence-electron chi connectivity index (χ3n) is 0.675. The largest absolute Gasteiger partial charge is 0.402 e. The summed E-state index contributed by atoms with van der Waals surface area (Å²) >= 11 is 0. The van der Waals surface area contributed by atoms with Crippen LogP contribution in [-0.4, -0.2) is 13.2 Å². The molecule has 0 heterocycles. The molecule has 0 saturated carbocycles. The third-order valence-corrected chi connectivity index (χ3v) is 0.675. The maximum atomic E-state index is 5.30. The lowest BCUT2D eigenvalue weighted by Crippen LogP contribution is -1.97. The zero-order valence-electron chi connectivity index (χ0n) is 5.89. The van der Waals surface area contributed by atoms with E-state index < -0.39 is 0 Å². The van der Waals surface area contributed by atoms with Gasteiger partial charge in [-0.3, -0.25) is 0 Å². The van der Waals surface area contributed by atoms with Gasteiger partial charge in [-0.2, -0.15) is 0 Å². The molecule has 0 saturated heterocycles. The zero-order chi connectivity index (χ0) is 7.11. The molecular weight excluding hydrogens is 118 g/mol. The Morgan fingerprint density at radius 2 is 2.22 bits per heavy atom. The molecule has 0 unspecified atom stereocenters. The van der Waals surface area contributed by atoms with Gasteiger partial charge >= 0.3 is 0 Å². The van der Waals surface area contributed by atoms with Gasteiger partial charge in [0.2, 0.25) is 0 Å². The van der Waals surface area contributed by atoms with Crippen molar-refractivity contribution >= 4 is 0 Å². The molecule has 0 aromatic carbocycles. The van der Waals surface area contributed by atoms with Crippen molar-refractivity contribution in [2.45, 2.75) is 13.8 Å². The minimum Gasteiger partial charge on any atom is -0.402 e. The van der Waals surface area contributed by atoms with Gasteiger partial charge in [-0.05, 0) is 19.9 Å². The summed E-state index contributed by atoms with van der Waals surface area (Å²) in [7, 11) is 0. The molecular formula is C6H13NO2. The predicted molar refractivity (Wildman–Crippen MR) is 35.5 cm³/mol. The number of allylic oxidation sites excluding steroid dienone is 1. The van der Waals surface area contributed by atoms with Gasteiger partial charge in [0.15, 0.2) is 0 Å². The smallest absolute Gasteiger partial charge is 0.102 e. The van der Waals surface area contributed by atoms with Gasteiger partial charge in [0.25, 0.3) is 0 Å². The van der Waals surface area contributed by atoms with Crippen LogP contribution in [0.5, 0.6) is 0 Å². The van der Waals surface area contributed by atoms with Crippen molar-refractivity contribution < 1.29 is 9.78 Å². The number of nitrogens with two attached hydrogens (primary N) is 1. The molecule has 0 aromatic rings. The van der Waals surface area contributed by atoms with Crippen LogP contribution in [0, 0.1) is 0 Å².